The van der Waals surface area contributed by atoms with Crippen molar-refractivity contribution >= 4 is 11.7 Å². The van der Waals surface area contributed by atoms with E-state index in [0.29, 0.717) is 36.0 Å². The molecule has 1 atom stereocenters. The normalized spacial score (nSPS) is 17.0. The first kappa shape index (κ1) is 16.2. The van der Waals surface area contributed by atoms with E-state index < -0.39 is 0 Å². The van der Waals surface area contributed by atoms with Crippen LogP contribution < -0.4 is 10.1 Å². The number of Topliss-reactive ketones (excluding diaryl/α,β-unsaturated/α-hetero) is 1. The van der Waals surface area contributed by atoms with Crippen LogP contribution in [0.1, 0.15) is 41.3 Å². The SMILES string of the molecule is Cc1nc(COc2cccc(C(=O)NCC3CCCC3=O)c2)no1. The third kappa shape index (κ3) is 3.98. The molecule has 0 saturated heterocycles. The van der Waals surface area contributed by atoms with E-state index in [4.69, 9.17) is 9.26 Å². The Morgan fingerprint density at radius 1 is 1.46 bits per heavy atom. The first-order valence-electron chi connectivity index (χ1n) is 7.95. The summed E-state index contributed by atoms with van der Waals surface area (Å²) in [5.41, 5.74) is 0.488. The van der Waals surface area contributed by atoms with E-state index in [9.17, 15) is 9.59 Å². The van der Waals surface area contributed by atoms with Gasteiger partial charge in [0.05, 0.1) is 0 Å². The molecule has 1 amide bonds. The Balaban J connectivity index is 1.55. The summed E-state index contributed by atoms with van der Waals surface area (Å²) in [6, 6.07) is 6.85. The molecule has 1 aliphatic carbocycles. The van der Waals surface area contributed by atoms with E-state index in [0.717, 1.165) is 12.8 Å². The highest BCUT2D eigenvalue weighted by molar-refractivity contribution is 5.95. The monoisotopic (exact) mass is 329 g/mol. The van der Waals surface area contributed by atoms with Gasteiger partial charge in [-0.25, -0.2) is 0 Å². The minimum absolute atomic E-state index is 0.0464. The van der Waals surface area contributed by atoms with Crippen LogP contribution in [0, 0.1) is 12.8 Å². The van der Waals surface area contributed by atoms with E-state index in [2.05, 4.69) is 15.5 Å². The molecule has 0 bridgehead atoms. The average Bonchev–Trinajstić information content (AvgIpc) is 3.19. The van der Waals surface area contributed by atoms with E-state index in [1.54, 1.807) is 31.2 Å². The minimum atomic E-state index is -0.212. The zero-order chi connectivity index (χ0) is 16.9. The number of aromatic nitrogens is 2. The van der Waals surface area contributed by atoms with Gasteiger partial charge in [0.25, 0.3) is 5.91 Å². The summed E-state index contributed by atoms with van der Waals surface area (Å²) in [6.07, 6.45) is 2.39. The first-order valence-corrected chi connectivity index (χ1v) is 7.95. The number of nitrogens with one attached hydrogen (secondary N) is 1. The van der Waals surface area contributed by atoms with Gasteiger partial charge >= 0.3 is 0 Å². The molecule has 1 aliphatic rings. The van der Waals surface area contributed by atoms with Crippen molar-refractivity contribution in [3.63, 3.8) is 0 Å². The smallest absolute Gasteiger partial charge is 0.251 e. The van der Waals surface area contributed by atoms with Gasteiger partial charge in [-0.3, -0.25) is 9.59 Å². The number of carbonyl (C=O) groups excluding carboxylic acids is 2. The molecular formula is C17H19N3O4. The van der Waals surface area contributed by atoms with Gasteiger partial charge in [-0.1, -0.05) is 11.2 Å². The van der Waals surface area contributed by atoms with Crippen LogP contribution in [0.15, 0.2) is 28.8 Å². The first-order chi connectivity index (χ1) is 11.6. The molecule has 126 valence electrons. The summed E-state index contributed by atoms with van der Waals surface area (Å²) >= 11 is 0. The quantitative estimate of drug-likeness (QED) is 0.871. The Labute approximate surface area is 139 Å². The summed E-state index contributed by atoms with van der Waals surface area (Å²) in [7, 11) is 0. The van der Waals surface area contributed by atoms with Crippen LogP contribution in [0.4, 0.5) is 0 Å². The molecule has 1 heterocycles. The predicted octanol–water partition coefficient (Wildman–Crippen LogP) is 2.06. The summed E-state index contributed by atoms with van der Waals surface area (Å²) < 4.78 is 10.4. The number of ether oxygens (including phenoxy) is 1. The van der Waals surface area contributed by atoms with E-state index in [1.165, 1.54) is 0 Å². The Morgan fingerprint density at radius 2 is 2.33 bits per heavy atom. The van der Waals surface area contributed by atoms with Crippen molar-refractivity contribution in [3.8, 4) is 5.75 Å². The number of aryl methyl sites for hydroxylation is 1. The highest BCUT2D eigenvalue weighted by Crippen LogP contribution is 2.20. The van der Waals surface area contributed by atoms with Crippen LogP contribution in [-0.4, -0.2) is 28.4 Å². The van der Waals surface area contributed by atoms with E-state index >= 15 is 0 Å². The molecule has 2 aromatic rings. The fourth-order valence-electron chi connectivity index (χ4n) is 2.70. The molecule has 3 rings (SSSR count). The molecule has 24 heavy (non-hydrogen) atoms. The zero-order valence-electron chi connectivity index (χ0n) is 13.4. The third-order valence-electron chi connectivity index (χ3n) is 3.97. The molecule has 0 radical (unpaired) electrons. The Kier molecular flexibility index (Phi) is 4.88. The molecule has 1 fully saturated rings. The molecule has 0 aliphatic heterocycles. The van der Waals surface area contributed by atoms with Crippen molar-refractivity contribution in [2.75, 3.05) is 6.54 Å². The van der Waals surface area contributed by atoms with Gasteiger partial charge in [0, 0.05) is 31.4 Å². The Morgan fingerprint density at radius 3 is 3.04 bits per heavy atom. The number of nitrogens with zero attached hydrogens (tertiary/aromatic N) is 2. The van der Waals surface area contributed by atoms with Crippen molar-refractivity contribution in [1.29, 1.82) is 0 Å². The van der Waals surface area contributed by atoms with Crippen molar-refractivity contribution < 1.29 is 18.8 Å². The van der Waals surface area contributed by atoms with Crippen LogP contribution in [0.3, 0.4) is 0 Å². The molecule has 1 aromatic heterocycles. The Bertz CT molecular complexity index is 741. The molecule has 0 spiro atoms. The number of rotatable bonds is 6. The van der Waals surface area contributed by atoms with Crippen molar-refractivity contribution in [1.82, 2.24) is 15.5 Å². The van der Waals surface area contributed by atoms with Gasteiger partial charge in [0.2, 0.25) is 11.7 Å². The largest absolute Gasteiger partial charge is 0.485 e. The van der Waals surface area contributed by atoms with Crippen LogP contribution in [0.2, 0.25) is 0 Å². The topological polar surface area (TPSA) is 94.3 Å². The lowest BCUT2D eigenvalue weighted by Crippen LogP contribution is -2.30. The minimum Gasteiger partial charge on any atom is -0.485 e. The van der Waals surface area contributed by atoms with Crippen LogP contribution >= 0.6 is 0 Å². The van der Waals surface area contributed by atoms with Gasteiger partial charge in [0.1, 0.15) is 11.5 Å². The molecule has 1 N–H and O–H groups in total. The fourth-order valence-corrected chi connectivity index (χ4v) is 2.70. The Hall–Kier alpha value is -2.70. The summed E-state index contributed by atoms with van der Waals surface area (Å²) in [5.74, 6) is 1.44. The molecule has 1 saturated carbocycles. The van der Waals surface area contributed by atoms with Gasteiger partial charge < -0.3 is 14.6 Å². The predicted molar refractivity (Wildman–Crippen MR) is 84.5 cm³/mol. The fraction of sp³-hybridized carbons (Fsp3) is 0.412. The number of hydrogen-bond acceptors (Lipinski definition) is 6. The zero-order valence-corrected chi connectivity index (χ0v) is 13.4. The summed E-state index contributed by atoms with van der Waals surface area (Å²) in [5, 5.41) is 6.57. The van der Waals surface area contributed by atoms with Crippen molar-refractivity contribution in [2.45, 2.75) is 32.8 Å². The van der Waals surface area contributed by atoms with Gasteiger partial charge in [-0.15, -0.1) is 0 Å². The second kappa shape index (κ2) is 7.25. The van der Waals surface area contributed by atoms with Crippen LogP contribution in [0.25, 0.3) is 0 Å². The number of carbonyl (C=O) groups is 2. The second-order valence-corrected chi connectivity index (χ2v) is 5.81. The standard InChI is InChI=1S/C17H19N3O4/c1-11-19-16(20-24-11)10-23-14-6-2-4-12(8-14)17(22)18-9-13-5-3-7-15(13)21/h2,4,6,8,13H,3,5,7,9-10H2,1H3,(H,18,22). The van der Waals surface area contributed by atoms with Crippen LogP contribution in [-0.2, 0) is 11.4 Å². The highest BCUT2D eigenvalue weighted by atomic mass is 16.5. The summed E-state index contributed by atoms with van der Waals surface area (Å²) in [4.78, 5) is 27.9. The highest BCUT2D eigenvalue weighted by Gasteiger charge is 2.24. The van der Waals surface area contributed by atoms with Gasteiger partial charge in [-0.05, 0) is 31.0 Å². The van der Waals surface area contributed by atoms with Crippen molar-refractivity contribution in [3.05, 3.63) is 41.5 Å². The molecular weight excluding hydrogens is 310 g/mol. The summed E-state index contributed by atoms with van der Waals surface area (Å²) in [6.45, 7) is 2.26. The van der Waals surface area contributed by atoms with Gasteiger partial charge in [0.15, 0.2) is 6.61 Å². The molecule has 1 unspecified atom stereocenters. The van der Waals surface area contributed by atoms with Gasteiger partial charge in [-0.2, -0.15) is 4.98 Å². The maximum Gasteiger partial charge on any atom is 0.251 e. The lowest BCUT2D eigenvalue weighted by molar-refractivity contribution is -0.120. The number of ketones is 1. The average molecular weight is 329 g/mol. The van der Waals surface area contributed by atoms with Crippen LogP contribution in [0.5, 0.6) is 5.75 Å². The molecule has 1 aromatic carbocycles. The van der Waals surface area contributed by atoms with E-state index in [1.807, 2.05) is 0 Å². The maximum atomic E-state index is 12.2. The number of amides is 1. The lowest BCUT2D eigenvalue weighted by atomic mass is 10.1. The van der Waals surface area contributed by atoms with Crippen molar-refractivity contribution in [2.24, 2.45) is 5.92 Å². The van der Waals surface area contributed by atoms with E-state index in [-0.39, 0.29) is 24.2 Å². The number of benzene rings is 1. The third-order valence-corrected chi connectivity index (χ3v) is 3.97. The lowest BCUT2D eigenvalue weighted by Gasteiger charge is -2.10. The molecule has 7 nitrogen and oxygen atoms in total. The maximum absolute atomic E-state index is 12.2. The second-order valence-electron chi connectivity index (χ2n) is 5.81. The molecule has 7 heteroatoms. The number of hydrogen-bond donors (Lipinski definition) is 1.